The van der Waals surface area contributed by atoms with E-state index in [2.05, 4.69) is 31.1 Å². The number of nitrogens with one attached hydrogen (secondary N) is 1. The number of rotatable bonds is 4. The molecule has 3 rings (SSSR count). The Morgan fingerprint density at radius 1 is 1.52 bits per heavy atom. The summed E-state index contributed by atoms with van der Waals surface area (Å²) < 4.78 is 6.74. The van der Waals surface area contributed by atoms with Crippen LogP contribution in [-0.4, -0.2) is 33.9 Å². The van der Waals surface area contributed by atoms with Crippen LogP contribution in [0, 0.1) is 0 Å². The van der Waals surface area contributed by atoms with Crippen LogP contribution in [0.1, 0.15) is 17.9 Å². The summed E-state index contributed by atoms with van der Waals surface area (Å²) in [6, 6.07) is 9.81. The number of hydrogen-bond donors (Lipinski definition) is 1. The van der Waals surface area contributed by atoms with E-state index in [9.17, 15) is 0 Å². The summed E-state index contributed by atoms with van der Waals surface area (Å²) in [6.07, 6.45) is 1.68. The third-order valence-corrected chi connectivity index (χ3v) is 5.94. The van der Waals surface area contributed by atoms with Gasteiger partial charge in [0.2, 0.25) is 0 Å². The van der Waals surface area contributed by atoms with Crippen molar-refractivity contribution in [3.8, 4) is 5.75 Å². The molecule has 1 aliphatic heterocycles. The molecule has 1 saturated heterocycles. The Balaban J connectivity index is 1.83. The van der Waals surface area contributed by atoms with E-state index in [0.29, 0.717) is 16.9 Å². The Labute approximate surface area is 170 Å². The standard InChI is InChI=1S/C17H17BrClN3OS2/c1-2-23-14-10-20-15(19)9-13(14)16-22(6-7-25-16)17(24)21-12-5-3-4-11(18)8-12/h3-5,8-10,16H,2,6-7H2,1H3,(H,21,24). The highest BCUT2D eigenvalue weighted by atomic mass is 79.9. The molecule has 1 aromatic heterocycles. The number of benzene rings is 1. The van der Waals surface area contributed by atoms with Crippen molar-refractivity contribution in [1.82, 2.24) is 9.88 Å². The molecular weight excluding hydrogens is 442 g/mol. The normalized spacial score (nSPS) is 16.8. The quantitative estimate of drug-likeness (QED) is 0.492. The Morgan fingerprint density at radius 3 is 3.12 bits per heavy atom. The number of thiocarbonyl (C=S) groups is 1. The lowest BCUT2D eigenvalue weighted by Gasteiger charge is -2.28. The second kappa shape index (κ2) is 8.58. The largest absolute Gasteiger partial charge is 0.492 e. The highest BCUT2D eigenvalue weighted by molar-refractivity contribution is 9.10. The summed E-state index contributed by atoms with van der Waals surface area (Å²) in [6.45, 7) is 3.40. The van der Waals surface area contributed by atoms with Gasteiger partial charge in [-0.15, -0.1) is 11.8 Å². The van der Waals surface area contributed by atoms with Gasteiger partial charge in [0.15, 0.2) is 5.11 Å². The third-order valence-electron chi connectivity index (χ3n) is 3.66. The van der Waals surface area contributed by atoms with Crippen molar-refractivity contribution in [3.63, 3.8) is 0 Å². The molecule has 0 aliphatic carbocycles. The van der Waals surface area contributed by atoms with Crippen LogP contribution in [0.3, 0.4) is 0 Å². The zero-order valence-corrected chi connectivity index (χ0v) is 17.5. The summed E-state index contributed by atoms with van der Waals surface area (Å²) >= 11 is 17.1. The van der Waals surface area contributed by atoms with Crippen molar-refractivity contribution in [2.45, 2.75) is 12.3 Å². The minimum Gasteiger partial charge on any atom is -0.492 e. The SMILES string of the molecule is CCOc1cnc(Cl)cc1C1SCCN1C(=S)Nc1cccc(Br)c1. The first-order chi connectivity index (χ1) is 12.1. The van der Waals surface area contributed by atoms with Crippen molar-refractivity contribution < 1.29 is 4.74 Å². The Morgan fingerprint density at radius 2 is 2.36 bits per heavy atom. The Kier molecular flexibility index (Phi) is 6.44. The smallest absolute Gasteiger partial charge is 0.174 e. The molecule has 0 spiro atoms. The summed E-state index contributed by atoms with van der Waals surface area (Å²) in [4.78, 5) is 6.30. The fourth-order valence-corrected chi connectivity index (χ4v) is 4.82. The number of aromatic nitrogens is 1. The maximum Gasteiger partial charge on any atom is 0.174 e. The first-order valence-corrected chi connectivity index (χ1v) is 10.4. The van der Waals surface area contributed by atoms with Gasteiger partial charge in [-0.05, 0) is 43.4 Å². The molecule has 2 heterocycles. The van der Waals surface area contributed by atoms with E-state index in [1.807, 2.05) is 49.0 Å². The van der Waals surface area contributed by atoms with Gasteiger partial charge in [-0.1, -0.05) is 33.6 Å². The van der Waals surface area contributed by atoms with E-state index in [1.54, 1.807) is 6.20 Å². The van der Waals surface area contributed by atoms with Crippen molar-refractivity contribution >= 4 is 62.3 Å². The van der Waals surface area contributed by atoms with Gasteiger partial charge in [-0.3, -0.25) is 0 Å². The van der Waals surface area contributed by atoms with Crippen LogP contribution in [0.25, 0.3) is 0 Å². The molecular formula is C17H17BrClN3OS2. The number of pyridine rings is 1. The number of hydrogen-bond acceptors (Lipinski definition) is 4. The maximum atomic E-state index is 6.12. The van der Waals surface area contributed by atoms with Crippen molar-refractivity contribution in [2.75, 3.05) is 24.2 Å². The van der Waals surface area contributed by atoms with Gasteiger partial charge in [0.05, 0.1) is 12.8 Å². The molecule has 8 heteroatoms. The topological polar surface area (TPSA) is 37.4 Å². The first kappa shape index (κ1) is 18.8. The van der Waals surface area contributed by atoms with Crippen LogP contribution in [0.5, 0.6) is 5.75 Å². The summed E-state index contributed by atoms with van der Waals surface area (Å²) in [5.41, 5.74) is 1.95. The van der Waals surface area contributed by atoms with Gasteiger partial charge in [0.25, 0.3) is 0 Å². The number of nitrogens with zero attached hydrogens (tertiary/aromatic N) is 2. The van der Waals surface area contributed by atoms with E-state index in [4.69, 9.17) is 28.6 Å². The van der Waals surface area contributed by atoms with Crippen LogP contribution >= 0.6 is 51.5 Å². The van der Waals surface area contributed by atoms with Gasteiger partial charge in [-0.2, -0.15) is 0 Å². The number of thioether (sulfide) groups is 1. The summed E-state index contributed by atoms with van der Waals surface area (Å²) in [7, 11) is 0. The molecule has 1 fully saturated rings. The molecule has 1 aliphatic rings. The van der Waals surface area contributed by atoms with Crippen LogP contribution in [0.2, 0.25) is 5.15 Å². The lowest BCUT2D eigenvalue weighted by Crippen LogP contribution is -2.34. The molecule has 0 bridgehead atoms. The van der Waals surface area contributed by atoms with E-state index >= 15 is 0 Å². The molecule has 4 nitrogen and oxygen atoms in total. The molecule has 2 aromatic rings. The average Bonchev–Trinajstić information content (AvgIpc) is 3.06. The number of anilines is 1. The van der Waals surface area contributed by atoms with Crippen LogP contribution < -0.4 is 10.1 Å². The zero-order chi connectivity index (χ0) is 17.8. The summed E-state index contributed by atoms with van der Waals surface area (Å²) in [5.74, 6) is 1.73. The van der Waals surface area contributed by atoms with Gasteiger partial charge in [0.1, 0.15) is 16.3 Å². The molecule has 25 heavy (non-hydrogen) atoms. The minimum atomic E-state index is 0.0502. The monoisotopic (exact) mass is 457 g/mol. The van der Waals surface area contributed by atoms with E-state index < -0.39 is 0 Å². The number of ether oxygens (including phenoxy) is 1. The predicted octanol–water partition coefficient (Wildman–Crippen LogP) is 5.34. The molecule has 1 N–H and O–H groups in total. The van der Waals surface area contributed by atoms with Gasteiger partial charge >= 0.3 is 0 Å². The second-order valence-corrected chi connectivity index (χ2v) is 8.21. The van der Waals surface area contributed by atoms with Crippen LogP contribution in [0.4, 0.5) is 5.69 Å². The van der Waals surface area contributed by atoms with Crippen molar-refractivity contribution in [1.29, 1.82) is 0 Å². The fraction of sp³-hybridized carbons (Fsp3) is 0.294. The second-order valence-electron chi connectivity index (χ2n) is 5.33. The van der Waals surface area contributed by atoms with Crippen molar-refractivity contribution in [2.24, 2.45) is 0 Å². The predicted molar refractivity (Wildman–Crippen MR) is 113 cm³/mol. The zero-order valence-electron chi connectivity index (χ0n) is 13.5. The van der Waals surface area contributed by atoms with Crippen molar-refractivity contribution in [3.05, 3.63) is 51.7 Å². The van der Waals surface area contributed by atoms with E-state index in [1.165, 1.54) is 0 Å². The average molecular weight is 459 g/mol. The van der Waals surface area contributed by atoms with Gasteiger partial charge in [-0.25, -0.2) is 4.98 Å². The van der Waals surface area contributed by atoms with E-state index in [-0.39, 0.29) is 5.37 Å². The highest BCUT2D eigenvalue weighted by Gasteiger charge is 2.31. The molecule has 0 radical (unpaired) electrons. The fourth-order valence-electron chi connectivity index (χ4n) is 2.60. The van der Waals surface area contributed by atoms with Crippen LogP contribution in [0.15, 0.2) is 41.0 Å². The Hall–Kier alpha value is -1.02. The lowest BCUT2D eigenvalue weighted by atomic mass is 10.2. The first-order valence-electron chi connectivity index (χ1n) is 7.81. The maximum absolute atomic E-state index is 6.12. The summed E-state index contributed by atoms with van der Waals surface area (Å²) in [5, 5.41) is 4.50. The van der Waals surface area contributed by atoms with E-state index in [0.717, 1.165) is 33.8 Å². The minimum absolute atomic E-state index is 0.0502. The third kappa shape index (κ3) is 4.58. The molecule has 0 saturated carbocycles. The molecule has 1 atom stereocenters. The molecule has 1 aromatic carbocycles. The highest BCUT2D eigenvalue weighted by Crippen LogP contribution is 2.42. The van der Waals surface area contributed by atoms with Gasteiger partial charge in [0, 0.05) is 28.0 Å². The van der Waals surface area contributed by atoms with Crippen LogP contribution in [-0.2, 0) is 0 Å². The lowest BCUT2D eigenvalue weighted by molar-refractivity contribution is 0.328. The van der Waals surface area contributed by atoms with Gasteiger partial charge < -0.3 is 15.0 Å². The Bertz CT molecular complexity index is 777. The molecule has 0 amide bonds. The molecule has 132 valence electrons. The molecule has 1 unspecified atom stereocenters. The number of halogens is 2.